The van der Waals surface area contributed by atoms with Crippen LogP contribution in [0.25, 0.3) is 0 Å². The minimum Gasteiger partial charge on any atom is -0.465 e. The Balaban J connectivity index is 1.62. The van der Waals surface area contributed by atoms with Crippen LogP contribution in [0.1, 0.15) is 30.9 Å². The van der Waals surface area contributed by atoms with Gasteiger partial charge in [0.25, 0.3) is 0 Å². The number of benzene rings is 1. The van der Waals surface area contributed by atoms with Gasteiger partial charge in [0, 0.05) is 43.9 Å². The number of amides is 3. The van der Waals surface area contributed by atoms with Crippen LogP contribution in [0.4, 0.5) is 9.59 Å². The monoisotopic (exact) mass is 512 g/mol. The quantitative estimate of drug-likeness (QED) is 0.336. The highest BCUT2D eigenvalue weighted by atomic mass is 35.5. The summed E-state index contributed by atoms with van der Waals surface area (Å²) >= 11 is 6.20. The molecular formula is C24H37ClN4O6. The highest BCUT2D eigenvalue weighted by Gasteiger charge is 2.33. The van der Waals surface area contributed by atoms with Gasteiger partial charge in [-0.15, -0.1) is 0 Å². The van der Waals surface area contributed by atoms with E-state index in [1.807, 2.05) is 19.2 Å². The van der Waals surface area contributed by atoms with Gasteiger partial charge in [0.05, 0.1) is 19.8 Å². The van der Waals surface area contributed by atoms with Crippen LogP contribution in [-0.2, 0) is 14.2 Å². The number of nitrogens with one attached hydrogen (secondary N) is 3. The molecule has 10 nitrogen and oxygen atoms in total. The van der Waals surface area contributed by atoms with Crippen LogP contribution in [-0.4, -0.2) is 93.9 Å². The Bertz CT molecular complexity index is 810. The van der Waals surface area contributed by atoms with Crippen molar-refractivity contribution in [2.45, 2.75) is 37.5 Å². The molecule has 0 spiro atoms. The fraction of sp³-hybridized carbons (Fsp3) is 0.667. The molecule has 1 aromatic carbocycles. The zero-order valence-corrected chi connectivity index (χ0v) is 21.0. The van der Waals surface area contributed by atoms with E-state index in [0.29, 0.717) is 37.2 Å². The number of nitrogens with zero attached hydrogens (tertiary/aromatic N) is 1. The molecule has 2 fully saturated rings. The number of likely N-dealkylation sites (N-methyl/N-ethyl adjacent to an activating group) is 1. The number of carbonyl (C=O) groups is 2. The van der Waals surface area contributed by atoms with Gasteiger partial charge in [-0.1, -0.05) is 23.7 Å². The SMILES string of the molecule is CNC[C@H](CC1CCOCC1)NC(=O)N1CCO[C@@H](C(OCCNC(=O)O)c2cccc(Cl)c2)C1. The van der Waals surface area contributed by atoms with E-state index in [1.165, 1.54) is 0 Å². The van der Waals surface area contributed by atoms with E-state index < -0.39 is 18.3 Å². The second-order valence-corrected chi connectivity index (χ2v) is 9.37. The summed E-state index contributed by atoms with van der Waals surface area (Å²) in [6.45, 7) is 3.76. The number of rotatable bonds is 11. The molecule has 11 heteroatoms. The van der Waals surface area contributed by atoms with E-state index in [-0.39, 0.29) is 25.2 Å². The Morgan fingerprint density at radius 3 is 2.80 bits per heavy atom. The zero-order valence-electron chi connectivity index (χ0n) is 20.2. The van der Waals surface area contributed by atoms with E-state index in [4.69, 9.17) is 30.9 Å². The van der Waals surface area contributed by atoms with Crippen molar-refractivity contribution < 1.29 is 28.9 Å². The highest BCUT2D eigenvalue weighted by molar-refractivity contribution is 6.30. The predicted octanol–water partition coefficient (Wildman–Crippen LogP) is 2.48. The van der Waals surface area contributed by atoms with E-state index in [0.717, 1.165) is 38.0 Å². The Labute approximate surface area is 211 Å². The lowest BCUT2D eigenvalue weighted by molar-refractivity contribution is -0.105. The van der Waals surface area contributed by atoms with Crippen LogP contribution >= 0.6 is 11.6 Å². The summed E-state index contributed by atoms with van der Waals surface area (Å²) in [7, 11) is 1.89. The van der Waals surface area contributed by atoms with Crippen LogP contribution in [0, 0.1) is 5.92 Å². The molecule has 2 saturated heterocycles. The smallest absolute Gasteiger partial charge is 0.404 e. The van der Waals surface area contributed by atoms with Gasteiger partial charge in [0.1, 0.15) is 12.2 Å². The summed E-state index contributed by atoms with van der Waals surface area (Å²) in [6.07, 6.45) is 0.915. The fourth-order valence-electron chi connectivity index (χ4n) is 4.58. The normalized spacial score (nSPS) is 20.7. The third-order valence-corrected chi connectivity index (χ3v) is 6.54. The number of hydrogen-bond acceptors (Lipinski definition) is 6. The molecule has 2 aliphatic heterocycles. The largest absolute Gasteiger partial charge is 0.465 e. The van der Waals surface area contributed by atoms with Crippen LogP contribution in [0.5, 0.6) is 0 Å². The maximum Gasteiger partial charge on any atom is 0.404 e. The van der Waals surface area contributed by atoms with Crippen LogP contribution in [0.15, 0.2) is 24.3 Å². The molecule has 1 aromatic rings. The third-order valence-electron chi connectivity index (χ3n) is 6.31. The molecule has 0 aliphatic carbocycles. The van der Waals surface area contributed by atoms with Gasteiger partial charge < -0.3 is 40.2 Å². The van der Waals surface area contributed by atoms with Gasteiger partial charge >= 0.3 is 12.1 Å². The molecule has 3 amide bonds. The number of carbonyl (C=O) groups excluding carboxylic acids is 1. The number of ether oxygens (including phenoxy) is 3. The standard InChI is InChI=1S/C24H37ClN4O6/c1-26-15-20(13-17-5-9-33-10-6-17)28-23(30)29-8-12-34-21(16-29)22(35-11-7-27-24(31)32)18-3-2-4-19(25)14-18/h2-4,14,17,20-22,26-27H,5-13,15-16H2,1H3,(H,28,30)(H,31,32)/t20-,21+,22?/m0/s1. The van der Waals surface area contributed by atoms with E-state index in [1.54, 1.807) is 17.0 Å². The van der Waals surface area contributed by atoms with E-state index >= 15 is 0 Å². The van der Waals surface area contributed by atoms with Crippen LogP contribution in [0.2, 0.25) is 5.02 Å². The van der Waals surface area contributed by atoms with E-state index in [9.17, 15) is 9.59 Å². The molecule has 35 heavy (non-hydrogen) atoms. The molecule has 2 heterocycles. The molecule has 0 saturated carbocycles. The number of carboxylic acid groups (broad SMARTS) is 1. The van der Waals surface area contributed by atoms with Crippen LogP contribution < -0.4 is 16.0 Å². The Kier molecular flexibility index (Phi) is 11.3. The molecule has 0 radical (unpaired) electrons. The molecule has 3 rings (SSSR count). The van der Waals surface area contributed by atoms with Crippen molar-refractivity contribution in [3.05, 3.63) is 34.9 Å². The van der Waals surface area contributed by atoms with Gasteiger partial charge in [0.15, 0.2) is 0 Å². The Morgan fingerprint density at radius 2 is 2.09 bits per heavy atom. The van der Waals surface area contributed by atoms with Crippen molar-refractivity contribution in [3.63, 3.8) is 0 Å². The number of halogens is 1. The average molecular weight is 513 g/mol. The lowest BCUT2D eigenvalue weighted by Gasteiger charge is -2.38. The molecule has 2 aliphatic rings. The predicted molar refractivity (Wildman–Crippen MR) is 132 cm³/mol. The highest BCUT2D eigenvalue weighted by Crippen LogP contribution is 2.28. The van der Waals surface area contributed by atoms with Gasteiger partial charge in [-0.2, -0.15) is 0 Å². The topological polar surface area (TPSA) is 121 Å². The van der Waals surface area contributed by atoms with Crippen molar-refractivity contribution in [1.29, 1.82) is 0 Å². The maximum atomic E-state index is 13.2. The van der Waals surface area contributed by atoms with Gasteiger partial charge in [-0.05, 0) is 49.9 Å². The third kappa shape index (κ3) is 9.12. The number of hydrogen-bond donors (Lipinski definition) is 4. The molecule has 0 aromatic heterocycles. The average Bonchev–Trinajstić information content (AvgIpc) is 2.84. The second-order valence-electron chi connectivity index (χ2n) is 8.93. The Hall–Kier alpha value is -2.11. The summed E-state index contributed by atoms with van der Waals surface area (Å²) in [5, 5.41) is 18.1. The number of morpholine rings is 1. The minimum atomic E-state index is -1.11. The molecule has 1 unspecified atom stereocenters. The van der Waals surface area contributed by atoms with Crippen LogP contribution in [0.3, 0.4) is 0 Å². The van der Waals surface area contributed by atoms with Crippen molar-refractivity contribution in [3.8, 4) is 0 Å². The Morgan fingerprint density at radius 1 is 1.29 bits per heavy atom. The second kappa shape index (κ2) is 14.4. The lowest BCUT2D eigenvalue weighted by Crippen LogP contribution is -2.54. The maximum absolute atomic E-state index is 13.2. The first-order valence-electron chi connectivity index (χ1n) is 12.2. The van der Waals surface area contributed by atoms with Crippen molar-refractivity contribution >= 4 is 23.7 Å². The summed E-state index contributed by atoms with van der Waals surface area (Å²) in [5.74, 6) is 0.542. The summed E-state index contributed by atoms with van der Waals surface area (Å²) < 4.78 is 17.5. The minimum absolute atomic E-state index is 0.0268. The molecule has 3 atom stereocenters. The van der Waals surface area contributed by atoms with Crippen molar-refractivity contribution in [2.24, 2.45) is 5.92 Å². The summed E-state index contributed by atoms with van der Waals surface area (Å²) in [5.41, 5.74) is 0.813. The van der Waals surface area contributed by atoms with E-state index in [2.05, 4.69) is 16.0 Å². The summed E-state index contributed by atoms with van der Waals surface area (Å²) in [6, 6.07) is 7.20. The zero-order chi connectivity index (χ0) is 25.0. The fourth-order valence-corrected chi connectivity index (χ4v) is 4.78. The van der Waals surface area contributed by atoms with Gasteiger partial charge in [0.2, 0.25) is 0 Å². The van der Waals surface area contributed by atoms with Crippen molar-refractivity contribution in [1.82, 2.24) is 20.9 Å². The molecule has 4 N–H and O–H groups in total. The molecule has 0 bridgehead atoms. The van der Waals surface area contributed by atoms with Gasteiger partial charge in [-0.25, -0.2) is 9.59 Å². The first kappa shape index (κ1) is 27.5. The lowest BCUT2D eigenvalue weighted by atomic mass is 9.92. The first-order valence-corrected chi connectivity index (χ1v) is 12.6. The summed E-state index contributed by atoms with van der Waals surface area (Å²) in [4.78, 5) is 25.7. The molecule has 196 valence electrons. The first-order chi connectivity index (χ1) is 17.0. The van der Waals surface area contributed by atoms with Gasteiger partial charge in [-0.3, -0.25) is 0 Å². The number of urea groups is 1. The molecular weight excluding hydrogens is 476 g/mol. The van der Waals surface area contributed by atoms with Crippen molar-refractivity contribution in [2.75, 3.05) is 59.7 Å².